The first-order valence-electron chi connectivity index (χ1n) is 4.22. The minimum atomic E-state index is -5.32. The molecular weight excluding hydrogens is 237 g/mol. The number of unbranched alkanes of at least 4 members (excludes halogenated alkanes) is 2. The van der Waals surface area contributed by atoms with Gasteiger partial charge in [0, 0.05) is 11.5 Å². The van der Waals surface area contributed by atoms with Crippen LogP contribution in [0.5, 0.6) is 0 Å². The molecule has 0 radical (unpaired) electrons. The Hall–Kier alpha value is 0.471. The van der Waals surface area contributed by atoms with Crippen molar-refractivity contribution in [3.63, 3.8) is 0 Å². The minimum absolute atomic E-state index is 0. The molecule has 0 amide bonds. The number of carbonyl (C=O) groups is 1. The average molecular weight is 247 g/mol. The Labute approximate surface area is 128 Å². The van der Waals surface area contributed by atoms with Gasteiger partial charge in [0.1, 0.15) is 0 Å². The van der Waals surface area contributed by atoms with Crippen molar-refractivity contribution < 1.29 is 69.1 Å². The topological polar surface area (TPSA) is 65.8 Å². The van der Waals surface area contributed by atoms with Crippen molar-refractivity contribution in [1.82, 2.24) is 0 Å². The second kappa shape index (κ2) is 9.68. The quantitative estimate of drug-likeness (QED) is 0.202. The van der Waals surface area contributed by atoms with Crippen LogP contribution >= 0.6 is 0 Å². The van der Waals surface area contributed by atoms with Crippen LogP contribution in [0.2, 0.25) is 0 Å². The maximum atomic E-state index is 11.7. The molecule has 0 spiro atoms. The molecule has 0 aromatic heterocycles. The summed E-state index contributed by atoms with van der Waals surface area (Å²) in [5.41, 5.74) is 6.24. The molecule has 0 aliphatic carbocycles. The number of rotatable bonds is 7. The molecule has 0 aliphatic rings. The fourth-order valence-electron chi connectivity index (χ4n) is 0.867. The third-order valence-electron chi connectivity index (χ3n) is 1.61. The first-order valence-corrected chi connectivity index (χ1v) is 4.22. The van der Waals surface area contributed by atoms with E-state index in [0.717, 1.165) is 0 Å². The maximum Gasteiger partial charge on any atom is 1.00 e. The molecular formula is C6H10BF3KN3O. The number of carbonyl (C=O) groups excluding carboxylic acids is 1. The number of hydrogen-bond donors (Lipinski definition) is 0. The normalized spacial score (nSPS) is 10.1. The molecule has 0 rings (SSSR count). The third-order valence-corrected chi connectivity index (χ3v) is 1.61. The third kappa shape index (κ3) is 10.7. The Morgan fingerprint density at radius 1 is 1.27 bits per heavy atom. The molecule has 9 heteroatoms. The summed E-state index contributed by atoms with van der Waals surface area (Å²) in [6.07, 6.45) is 0.722. The summed E-state index contributed by atoms with van der Waals surface area (Å²) >= 11 is 0. The molecule has 0 aromatic rings. The Morgan fingerprint density at radius 2 is 1.87 bits per heavy atom. The average Bonchev–Trinajstić information content (AvgIpc) is 2.09. The number of hydrogen-bond acceptors (Lipinski definition) is 2. The van der Waals surface area contributed by atoms with E-state index in [9.17, 15) is 17.7 Å². The summed E-state index contributed by atoms with van der Waals surface area (Å²) < 4.78 is 35.2. The summed E-state index contributed by atoms with van der Waals surface area (Å²) in [6, 6.07) is 0. The van der Waals surface area contributed by atoms with E-state index < -0.39 is 19.1 Å². The molecule has 0 aliphatic heterocycles. The van der Waals surface area contributed by atoms with Crippen LogP contribution in [0.15, 0.2) is 5.11 Å². The van der Waals surface area contributed by atoms with Crippen molar-refractivity contribution >= 4 is 12.7 Å². The molecule has 0 unspecified atom stereocenters. The zero-order valence-corrected chi connectivity index (χ0v) is 11.6. The maximum absolute atomic E-state index is 11.7. The van der Waals surface area contributed by atoms with Crippen LogP contribution in [0.1, 0.15) is 25.7 Å². The number of nitrogens with zero attached hydrogens (tertiary/aromatic N) is 3. The van der Waals surface area contributed by atoms with Crippen LogP contribution in [0, 0.1) is 0 Å². The Balaban J connectivity index is 0. The number of azide groups is 1. The van der Waals surface area contributed by atoms with Gasteiger partial charge in [-0.3, -0.25) is 0 Å². The van der Waals surface area contributed by atoms with Crippen LogP contribution in [-0.2, 0) is 4.79 Å². The summed E-state index contributed by atoms with van der Waals surface area (Å²) in [5.74, 6) is 0. The summed E-state index contributed by atoms with van der Waals surface area (Å²) in [4.78, 5) is 12.9. The predicted molar refractivity (Wildman–Crippen MR) is 46.6 cm³/mol. The van der Waals surface area contributed by atoms with Crippen molar-refractivity contribution in [2.75, 3.05) is 6.54 Å². The van der Waals surface area contributed by atoms with E-state index in [0.29, 0.717) is 12.8 Å². The summed E-state index contributed by atoms with van der Waals surface area (Å²) in [5, 5.41) is 3.21. The predicted octanol–water partition coefficient (Wildman–Crippen LogP) is -0.183. The minimum Gasteiger partial charge on any atom is -0.443 e. The van der Waals surface area contributed by atoms with Gasteiger partial charge >= 0.3 is 58.4 Å². The zero-order chi connectivity index (χ0) is 11.0. The van der Waals surface area contributed by atoms with Crippen molar-refractivity contribution in [2.24, 2.45) is 5.11 Å². The van der Waals surface area contributed by atoms with Crippen LogP contribution in [0.4, 0.5) is 12.9 Å². The molecule has 4 nitrogen and oxygen atoms in total. The molecule has 0 aromatic carbocycles. The molecule has 0 saturated carbocycles. The van der Waals surface area contributed by atoms with Gasteiger partial charge in [0.05, 0.1) is 5.68 Å². The summed E-state index contributed by atoms with van der Waals surface area (Å²) in [6.45, 7) is -5.05. The molecule has 0 N–H and O–H groups in total. The van der Waals surface area contributed by atoms with Gasteiger partial charge in [-0.05, 0) is 24.8 Å². The fraction of sp³-hybridized carbons (Fsp3) is 0.833. The van der Waals surface area contributed by atoms with E-state index in [2.05, 4.69) is 10.0 Å². The fourth-order valence-corrected chi connectivity index (χ4v) is 0.867. The second-order valence-electron chi connectivity index (χ2n) is 2.81. The molecule has 15 heavy (non-hydrogen) atoms. The van der Waals surface area contributed by atoms with Gasteiger partial charge in [-0.15, -0.1) is 0 Å². The van der Waals surface area contributed by atoms with Crippen LogP contribution in [-0.4, -0.2) is 19.2 Å². The van der Waals surface area contributed by atoms with E-state index in [1.165, 1.54) is 0 Å². The van der Waals surface area contributed by atoms with E-state index in [1.807, 2.05) is 0 Å². The zero-order valence-electron chi connectivity index (χ0n) is 8.50. The van der Waals surface area contributed by atoms with E-state index in [-0.39, 0.29) is 64.4 Å². The van der Waals surface area contributed by atoms with E-state index in [1.54, 1.807) is 0 Å². The van der Waals surface area contributed by atoms with Crippen molar-refractivity contribution in [3.8, 4) is 0 Å². The molecule has 80 valence electrons. The van der Waals surface area contributed by atoms with Crippen molar-refractivity contribution in [1.29, 1.82) is 0 Å². The Morgan fingerprint density at radius 3 is 2.33 bits per heavy atom. The largest absolute Gasteiger partial charge is 1.00 e. The van der Waals surface area contributed by atoms with Crippen LogP contribution < -0.4 is 51.4 Å². The Kier molecular flexibility index (Phi) is 11.5. The monoisotopic (exact) mass is 247 g/mol. The molecule has 0 heterocycles. The van der Waals surface area contributed by atoms with Gasteiger partial charge in [0.2, 0.25) is 0 Å². The van der Waals surface area contributed by atoms with E-state index in [4.69, 9.17) is 5.53 Å². The smallest absolute Gasteiger partial charge is 0.443 e. The van der Waals surface area contributed by atoms with Gasteiger partial charge in [-0.1, -0.05) is 11.5 Å². The first-order chi connectivity index (χ1) is 6.48. The van der Waals surface area contributed by atoms with Crippen molar-refractivity contribution in [2.45, 2.75) is 25.7 Å². The first kappa shape index (κ1) is 17.9. The van der Waals surface area contributed by atoms with Gasteiger partial charge in [-0.2, -0.15) is 0 Å². The SMILES string of the molecule is [K+].[N-]=[N+]=NCCCCCC(=O)[B-](F)(F)F. The van der Waals surface area contributed by atoms with Gasteiger partial charge in [-0.25, -0.2) is 0 Å². The molecule has 0 fully saturated rings. The second-order valence-corrected chi connectivity index (χ2v) is 2.81. The number of halogens is 3. The summed E-state index contributed by atoms with van der Waals surface area (Å²) in [7, 11) is 0. The molecule has 0 saturated heterocycles. The van der Waals surface area contributed by atoms with Crippen LogP contribution in [0.3, 0.4) is 0 Å². The van der Waals surface area contributed by atoms with E-state index >= 15 is 0 Å². The van der Waals surface area contributed by atoms with Gasteiger partial charge < -0.3 is 17.7 Å². The van der Waals surface area contributed by atoms with Crippen LogP contribution in [0.25, 0.3) is 10.4 Å². The molecule has 0 bridgehead atoms. The van der Waals surface area contributed by atoms with Crippen molar-refractivity contribution in [3.05, 3.63) is 10.4 Å². The standard InChI is InChI=1S/C6H10BF3N3O.K/c8-7(9,10)6(14)4-2-1-3-5-12-13-11;/h1-5H2;/q-1;+1. The van der Waals surface area contributed by atoms with Gasteiger partial charge in [0.15, 0.2) is 0 Å². The van der Waals surface area contributed by atoms with Gasteiger partial charge in [0.25, 0.3) is 0 Å². The molecule has 0 atom stereocenters. The Bertz CT molecular complexity index is 242.